The van der Waals surface area contributed by atoms with E-state index in [0.717, 1.165) is 38.3 Å². The van der Waals surface area contributed by atoms with E-state index in [1.807, 2.05) is 4.90 Å². The Morgan fingerprint density at radius 1 is 1.32 bits per heavy atom. The Bertz CT molecular complexity index is 402. The Hall–Kier alpha value is -1.71. The molecule has 0 spiro atoms. The fraction of sp³-hybridized carbons (Fsp3) is 0.533. The van der Waals surface area contributed by atoms with Gasteiger partial charge < -0.3 is 15.5 Å². The number of nitrogens with one attached hydrogen (secondary N) is 2. The van der Waals surface area contributed by atoms with Crippen molar-refractivity contribution in [3.8, 4) is 0 Å². The first-order valence-electron chi connectivity index (χ1n) is 7.15. The lowest BCUT2D eigenvalue weighted by Crippen LogP contribution is -2.32. The summed E-state index contributed by atoms with van der Waals surface area (Å²) in [5.74, 6) is 0. The van der Waals surface area contributed by atoms with Crippen molar-refractivity contribution in [1.82, 2.24) is 10.2 Å². The molecule has 4 nitrogen and oxygen atoms in total. The van der Waals surface area contributed by atoms with E-state index in [4.69, 9.17) is 0 Å². The van der Waals surface area contributed by atoms with Gasteiger partial charge in [0, 0.05) is 31.9 Å². The third kappa shape index (κ3) is 4.16. The van der Waals surface area contributed by atoms with Crippen LogP contribution in [0.15, 0.2) is 24.3 Å². The summed E-state index contributed by atoms with van der Waals surface area (Å²) in [4.78, 5) is 13.2. The van der Waals surface area contributed by atoms with Crippen LogP contribution >= 0.6 is 0 Å². The number of unbranched alkanes of at least 4 members (excludes halogenated alkanes) is 1. The van der Waals surface area contributed by atoms with E-state index in [1.165, 1.54) is 18.4 Å². The standard InChI is InChI=1S/C15H23N3O/c1-2-3-4-13-5-7-14(8-6-13)16-9-11-18-12-10-17-15(18)19/h5-8,16H,2-4,9-12H2,1H3,(H,17,19). The molecule has 1 aromatic rings. The lowest BCUT2D eigenvalue weighted by molar-refractivity contribution is 0.219. The van der Waals surface area contributed by atoms with Gasteiger partial charge in [0.1, 0.15) is 0 Å². The molecule has 1 aliphatic rings. The maximum absolute atomic E-state index is 11.3. The van der Waals surface area contributed by atoms with Crippen LogP contribution in [-0.4, -0.2) is 37.1 Å². The molecule has 0 unspecified atom stereocenters. The number of anilines is 1. The fourth-order valence-corrected chi connectivity index (χ4v) is 2.23. The molecule has 0 bridgehead atoms. The summed E-state index contributed by atoms with van der Waals surface area (Å²) >= 11 is 0. The van der Waals surface area contributed by atoms with Gasteiger partial charge in [0.05, 0.1) is 0 Å². The number of benzene rings is 1. The van der Waals surface area contributed by atoms with Crippen LogP contribution in [-0.2, 0) is 6.42 Å². The highest BCUT2D eigenvalue weighted by Gasteiger charge is 2.17. The minimum absolute atomic E-state index is 0.0525. The highest BCUT2D eigenvalue weighted by atomic mass is 16.2. The third-order valence-electron chi connectivity index (χ3n) is 3.43. The number of amides is 2. The van der Waals surface area contributed by atoms with Crippen molar-refractivity contribution in [1.29, 1.82) is 0 Å². The van der Waals surface area contributed by atoms with Crippen molar-refractivity contribution in [3.05, 3.63) is 29.8 Å². The zero-order chi connectivity index (χ0) is 13.5. The van der Waals surface area contributed by atoms with Gasteiger partial charge in [-0.15, -0.1) is 0 Å². The molecule has 1 aromatic carbocycles. The molecule has 104 valence electrons. The monoisotopic (exact) mass is 261 g/mol. The van der Waals surface area contributed by atoms with E-state index >= 15 is 0 Å². The van der Waals surface area contributed by atoms with E-state index in [-0.39, 0.29) is 6.03 Å². The van der Waals surface area contributed by atoms with Crippen LogP contribution in [0.5, 0.6) is 0 Å². The van der Waals surface area contributed by atoms with Crippen molar-refractivity contribution < 1.29 is 4.79 Å². The van der Waals surface area contributed by atoms with E-state index in [9.17, 15) is 4.79 Å². The first kappa shape index (κ1) is 13.7. The molecule has 1 fully saturated rings. The largest absolute Gasteiger partial charge is 0.383 e. The van der Waals surface area contributed by atoms with Gasteiger partial charge in [0.15, 0.2) is 0 Å². The average Bonchev–Trinajstić information content (AvgIpc) is 2.84. The summed E-state index contributed by atoms with van der Waals surface area (Å²) in [5.41, 5.74) is 2.52. The number of aryl methyl sites for hydroxylation is 1. The van der Waals surface area contributed by atoms with Crippen LogP contribution in [0.1, 0.15) is 25.3 Å². The predicted molar refractivity (Wildman–Crippen MR) is 78.5 cm³/mol. The molecule has 0 radical (unpaired) electrons. The Labute approximate surface area is 115 Å². The molecule has 4 heteroatoms. The molecule has 1 saturated heterocycles. The van der Waals surface area contributed by atoms with Crippen molar-refractivity contribution in [2.75, 3.05) is 31.5 Å². The minimum Gasteiger partial charge on any atom is -0.383 e. The van der Waals surface area contributed by atoms with Crippen LogP contribution in [0, 0.1) is 0 Å². The molecule has 0 saturated carbocycles. The topological polar surface area (TPSA) is 44.4 Å². The molecule has 1 aliphatic heterocycles. The van der Waals surface area contributed by atoms with Crippen LogP contribution < -0.4 is 10.6 Å². The summed E-state index contributed by atoms with van der Waals surface area (Å²) in [6.07, 6.45) is 3.64. The van der Waals surface area contributed by atoms with E-state index in [1.54, 1.807) is 0 Å². The number of nitrogens with zero attached hydrogens (tertiary/aromatic N) is 1. The van der Waals surface area contributed by atoms with Gasteiger partial charge in [-0.05, 0) is 30.5 Å². The summed E-state index contributed by atoms with van der Waals surface area (Å²) in [6, 6.07) is 8.65. The smallest absolute Gasteiger partial charge is 0.317 e. The van der Waals surface area contributed by atoms with Crippen LogP contribution in [0.4, 0.5) is 10.5 Å². The van der Waals surface area contributed by atoms with Gasteiger partial charge in [-0.25, -0.2) is 4.79 Å². The van der Waals surface area contributed by atoms with Gasteiger partial charge in [-0.2, -0.15) is 0 Å². The Balaban J connectivity index is 1.72. The normalized spacial score (nSPS) is 14.6. The van der Waals surface area contributed by atoms with Crippen LogP contribution in [0.3, 0.4) is 0 Å². The molecule has 0 aliphatic carbocycles. The first-order chi connectivity index (χ1) is 9.29. The second kappa shape index (κ2) is 7.02. The zero-order valence-electron chi connectivity index (χ0n) is 11.6. The molecule has 2 rings (SSSR count). The second-order valence-corrected chi connectivity index (χ2v) is 4.95. The summed E-state index contributed by atoms with van der Waals surface area (Å²) in [5, 5.41) is 6.16. The Morgan fingerprint density at radius 3 is 2.74 bits per heavy atom. The molecular formula is C15H23N3O. The van der Waals surface area contributed by atoms with Crippen molar-refractivity contribution in [3.63, 3.8) is 0 Å². The Kier molecular flexibility index (Phi) is 5.07. The molecule has 1 heterocycles. The maximum atomic E-state index is 11.3. The second-order valence-electron chi connectivity index (χ2n) is 4.95. The molecule has 0 atom stereocenters. The zero-order valence-corrected chi connectivity index (χ0v) is 11.6. The summed E-state index contributed by atoms with van der Waals surface area (Å²) in [7, 11) is 0. The van der Waals surface area contributed by atoms with Crippen molar-refractivity contribution in [2.24, 2.45) is 0 Å². The maximum Gasteiger partial charge on any atom is 0.317 e. The van der Waals surface area contributed by atoms with Crippen LogP contribution in [0.25, 0.3) is 0 Å². The van der Waals surface area contributed by atoms with E-state index in [2.05, 4.69) is 41.8 Å². The van der Waals surface area contributed by atoms with Gasteiger partial charge in [-0.3, -0.25) is 0 Å². The summed E-state index contributed by atoms with van der Waals surface area (Å²) < 4.78 is 0. The lowest BCUT2D eigenvalue weighted by atomic mass is 10.1. The van der Waals surface area contributed by atoms with E-state index < -0.39 is 0 Å². The molecule has 2 amide bonds. The van der Waals surface area contributed by atoms with Gasteiger partial charge in [-0.1, -0.05) is 25.5 Å². The van der Waals surface area contributed by atoms with E-state index in [0.29, 0.717) is 0 Å². The minimum atomic E-state index is 0.0525. The average molecular weight is 261 g/mol. The van der Waals surface area contributed by atoms with Gasteiger partial charge in [0.25, 0.3) is 0 Å². The number of hydrogen-bond donors (Lipinski definition) is 2. The SMILES string of the molecule is CCCCc1ccc(NCCN2CCNC2=O)cc1. The van der Waals surface area contributed by atoms with Gasteiger partial charge >= 0.3 is 6.03 Å². The quantitative estimate of drug-likeness (QED) is 0.792. The molecule has 19 heavy (non-hydrogen) atoms. The number of carbonyl (C=O) groups is 1. The number of urea groups is 1. The molecular weight excluding hydrogens is 238 g/mol. The van der Waals surface area contributed by atoms with Crippen molar-refractivity contribution in [2.45, 2.75) is 26.2 Å². The van der Waals surface area contributed by atoms with Crippen molar-refractivity contribution >= 4 is 11.7 Å². The van der Waals surface area contributed by atoms with Gasteiger partial charge in [0.2, 0.25) is 0 Å². The van der Waals surface area contributed by atoms with Crippen LogP contribution in [0.2, 0.25) is 0 Å². The number of hydrogen-bond acceptors (Lipinski definition) is 2. The number of rotatable bonds is 7. The first-order valence-corrected chi connectivity index (χ1v) is 7.15. The Morgan fingerprint density at radius 2 is 2.11 bits per heavy atom. The highest BCUT2D eigenvalue weighted by molar-refractivity contribution is 5.76. The molecule has 0 aromatic heterocycles. The highest BCUT2D eigenvalue weighted by Crippen LogP contribution is 2.11. The predicted octanol–water partition coefficient (Wildman–Crippen LogP) is 2.47. The lowest BCUT2D eigenvalue weighted by Gasteiger charge is -2.15. The summed E-state index contributed by atoms with van der Waals surface area (Å²) in [6.45, 7) is 5.34. The number of carbonyl (C=O) groups excluding carboxylic acids is 1. The third-order valence-corrected chi connectivity index (χ3v) is 3.43. The fourth-order valence-electron chi connectivity index (χ4n) is 2.23. The molecule has 2 N–H and O–H groups in total.